The minimum absolute atomic E-state index is 0.413. The Morgan fingerprint density at radius 3 is 2.40 bits per heavy atom. The van der Waals surface area contributed by atoms with Crippen molar-refractivity contribution >= 4 is 28.5 Å². The molecule has 4 aromatic rings. The topological polar surface area (TPSA) is 67.7 Å². The smallest absolute Gasteiger partial charge is 0.354 e. The van der Waals surface area contributed by atoms with E-state index in [-0.39, 0.29) is 0 Å². The van der Waals surface area contributed by atoms with Crippen molar-refractivity contribution < 1.29 is 13.2 Å². The van der Waals surface area contributed by atoms with Gasteiger partial charge in [-0.05, 0) is 36.2 Å². The molecule has 0 radical (unpaired) electrons. The molecule has 30 heavy (non-hydrogen) atoms. The van der Waals surface area contributed by atoms with Crippen LogP contribution in [0.25, 0.3) is 11.0 Å². The van der Waals surface area contributed by atoms with E-state index in [1.54, 1.807) is 17.9 Å². The minimum atomic E-state index is -4.38. The molecule has 154 valence electrons. The van der Waals surface area contributed by atoms with Crippen molar-refractivity contribution in [2.24, 2.45) is 7.05 Å². The van der Waals surface area contributed by atoms with Crippen molar-refractivity contribution in [2.45, 2.75) is 12.6 Å². The lowest BCUT2D eigenvalue weighted by molar-refractivity contribution is -0.137. The van der Waals surface area contributed by atoms with E-state index in [0.29, 0.717) is 35.0 Å². The maximum absolute atomic E-state index is 12.8. The molecule has 2 aromatic heterocycles. The molecule has 2 aromatic carbocycles. The van der Waals surface area contributed by atoms with Gasteiger partial charge < -0.3 is 10.6 Å². The maximum Gasteiger partial charge on any atom is 0.416 e. The zero-order chi connectivity index (χ0) is 21.1. The quantitative estimate of drug-likeness (QED) is 0.477. The Morgan fingerprint density at radius 2 is 1.70 bits per heavy atom. The van der Waals surface area contributed by atoms with E-state index in [0.717, 1.165) is 18.6 Å². The average Bonchev–Trinajstić information content (AvgIpc) is 3.10. The fourth-order valence-electron chi connectivity index (χ4n) is 3.04. The maximum atomic E-state index is 12.8. The number of hydrogen-bond acceptors (Lipinski definition) is 5. The van der Waals surface area contributed by atoms with Gasteiger partial charge in [0.2, 0.25) is 5.95 Å². The first kappa shape index (κ1) is 19.7. The van der Waals surface area contributed by atoms with Gasteiger partial charge in [-0.15, -0.1) is 0 Å². The van der Waals surface area contributed by atoms with E-state index in [2.05, 4.69) is 25.7 Å². The van der Waals surface area contributed by atoms with Gasteiger partial charge in [-0.2, -0.15) is 28.2 Å². The Hall–Kier alpha value is -3.62. The predicted octanol–water partition coefficient (Wildman–Crippen LogP) is 4.78. The molecule has 0 amide bonds. The number of fused-ring (bicyclic) bond motifs is 1. The van der Waals surface area contributed by atoms with Gasteiger partial charge in [-0.1, -0.05) is 30.3 Å². The Balaban J connectivity index is 1.56. The second-order valence-corrected chi connectivity index (χ2v) is 6.76. The molecule has 0 unspecified atom stereocenters. The summed E-state index contributed by atoms with van der Waals surface area (Å²) in [5.74, 6) is 0.881. The van der Waals surface area contributed by atoms with Gasteiger partial charge >= 0.3 is 6.18 Å². The van der Waals surface area contributed by atoms with Crippen molar-refractivity contribution in [1.82, 2.24) is 19.7 Å². The van der Waals surface area contributed by atoms with Crippen molar-refractivity contribution in [3.8, 4) is 0 Å². The van der Waals surface area contributed by atoms with Gasteiger partial charge in [0.25, 0.3) is 0 Å². The third kappa shape index (κ3) is 4.35. The summed E-state index contributed by atoms with van der Waals surface area (Å²) >= 11 is 0. The number of hydrogen-bond donors (Lipinski definition) is 2. The van der Waals surface area contributed by atoms with Crippen LogP contribution in [-0.2, 0) is 19.6 Å². The second kappa shape index (κ2) is 8.02. The van der Waals surface area contributed by atoms with Crippen LogP contribution in [-0.4, -0.2) is 26.3 Å². The third-order valence-electron chi connectivity index (χ3n) is 4.61. The molecule has 4 rings (SSSR count). The van der Waals surface area contributed by atoms with Gasteiger partial charge in [0.05, 0.1) is 17.1 Å². The zero-order valence-corrected chi connectivity index (χ0v) is 16.1. The number of alkyl halides is 3. The minimum Gasteiger partial charge on any atom is -0.354 e. The predicted molar refractivity (Wildman–Crippen MR) is 110 cm³/mol. The lowest BCUT2D eigenvalue weighted by atomic mass is 10.1. The van der Waals surface area contributed by atoms with Crippen LogP contribution in [0.5, 0.6) is 0 Å². The zero-order valence-electron chi connectivity index (χ0n) is 16.1. The Labute approximate surface area is 170 Å². The molecule has 6 nitrogen and oxygen atoms in total. The molecule has 2 heterocycles. The van der Waals surface area contributed by atoms with Crippen LogP contribution < -0.4 is 10.6 Å². The first-order chi connectivity index (χ1) is 14.4. The summed E-state index contributed by atoms with van der Waals surface area (Å²) in [5.41, 5.74) is 1.59. The van der Waals surface area contributed by atoms with Crippen molar-refractivity contribution in [1.29, 1.82) is 0 Å². The van der Waals surface area contributed by atoms with Gasteiger partial charge in [-0.25, -0.2) is 0 Å². The van der Waals surface area contributed by atoms with Crippen molar-refractivity contribution in [2.75, 3.05) is 17.2 Å². The molecule has 0 spiro atoms. The first-order valence-electron chi connectivity index (χ1n) is 9.32. The van der Waals surface area contributed by atoms with Gasteiger partial charge in [-0.3, -0.25) is 4.68 Å². The lowest BCUT2D eigenvalue weighted by Crippen LogP contribution is -2.10. The molecular formula is C21H19F3N6. The second-order valence-electron chi connectivity index (χ2n) is 6.76. The monoisotopic (exact) mass is 412 g/mol. The summed E-state index contributed by atoms with van der Waals surface area (Å²) in [6, 6.07) is 14.8. The van der Waals surface area contributed by atoms with Crippen LogP contribution >= 0.6 is 0 Å². The first-order valence-corrected chi connectivity index (χ1v) is 9.32. The Morgan fingerprint density at radius 1 is 0.967 bits per heavy atom. The average molecular weight is 412 g/mol. The Bertz CT molecular complexity index is 1140. The highest BCUT2D eigenvalue weighted by atomic mass is 19.4. The summed E-state index contributed by atoms with van der Waals surface area (Å²) < 4.78 is 40.0. The largest absolute Gasteiger partial charge is 0.416 e. The van der Waals surface area contributed by atoms with E-state index in [4.69, 9.17) is 0 Å². The molecule has 9 heteroatoms. The van der Waals surface area contributed by atoms with Gasteiger partial charge in [0.1, 0.15) is 5.82 Å². The van der Waals surface area contributed by atoms with Crippen LogP contribution in [0.1, 0.15) is 11.1 Å². The summed E-state index contributed by atoms with van der Waals surface area (Å²) in [6.45, 7) is 0.632. The summed E-state index contributed by atoms with van der Waals surface area (Å²) in [4.78, 5) is 9.01. The number of nitrogens with one attached hydrogen (secondary N) is 2. The number of benzene rings is 2. The number of nitrogens with zero attached hydrogens (tertiary/aromatic N) is 4. The van der Waals surface area contributed by atoms with Crippen molar-refractivity contribution in [3.63, 3.8) is 0 Å². The fourth-order valence-corrected chi connectivity index (χ4v) is 3.04. The number of aryl methyl sites for hydroxylation is 1. The molecule has 0 bridgehead atoms. The van der Waals surface area contributed by atoms with Crippen LogP contribution in [0.15, 0.2) is 60.8 Å². The van der Waals surface area contributed by atoms with Crippen LogP contribution in [0.4, 0.5) is 30.6 Å². The standard InChI is InChI=1S/C21H19F3N6/c1-30-19-17(13-26-30)18(27-16-9-7-15(8-10-16)21(22,23)24)28-20(29-19)25-12-11-14-5-3-2-4-6-14/h2-10,13H,11-12H2,1H3,(H2,25,27,28,29). The molecule has 0 atom stereocenters. The van der Waals surface area contributed by atoms with E-state index in [9.17, 15) is 13.2 Å². The molecule has 0 aliphatic carbocycles. The van der Waals surface area contributed by atoms with Crippen LogP contribution in [0, 0.1) is 0 Å². The van der Waals surface area contributed by atoms with Gasteiger partial charge in [0, 0.05) is 19.3 Å². The summed E-state index contributed by atoms with van der Waals surface area (Å²) in [7, 11) is 1.77. The molecule has 0 aliphatic heterocycles. The normalized spacial score (nSPS) is 11.6. The van der Waals surface area contributed by atoms with Crippen molar-refractivity contribution in [3.05, 3.63) is 71.9 Å². The number of aromatic nitrogens is 4. The third-order valence-corrected chi connectivity index (χ3v) is 4.61. The number of anilines is 3. The molecule has 0 saturated heterocycles. The van der Waals surface area contributed by atoms with Crippen LogP contribution in [0.2, 0.25) is 0 Å². The lowest BCUT2D eigenvalue weighted by Gasteiger charge is -2.11. The molecule has 0 aliphatic rings. The number of rotatable bonds is 6. The van der Waals surface area contributed by atoms with E-state index < -0.39 is 11.7 Å². The number of halogens is 3. The fraction of sp³-hybridized carbons (Fsp3) is 0.190. The highest BCUT2D eigenvalue weighted by Crippen LogP contribution is 2.31. The van der Waals surface area contributed by atoms with Crippen LogP contribution in [0.3, 0.4) is 0 Å². The Kier molecular flexibility index (Phi) is 5.26. The SMILES string of the molecule is Cn1ncc2c(Nc3ccc(C(F)(F)F)cc3)nc(NCCc3ccccc3)nc21. The van der Waals surface area contributed by atoms with E-state index >= 15 is 0 Å². The summed E-state index contributed by atoms with van der Waals surface area (Å²) in [6.07, 6.45) is -1.95. The molecule has 2 N–H and O–H groups in total. The van der Waals surface area contributed by atoms with E-state index in [1.165, 1.54) is 17.7 Å². The molecular weight excluding hydrogens is 393 g/mol. The van der Waals surface area contributed by atoms with Gasteiger partial charge in [0.15, 0.2) is 5.65 Å². The summed E-state index contributed by atoms with van der Waals surface area (Å²) in [5, 5.41) is 11.2. The highest BCUT2D eigenvalue weighted by molar-refractivity contribution is 5.89. The molecule has 0 saturated carbocycles. The highest BCUT2D eigenvalue weighted by Gasteiger charge is 2.30. The molecule has 0 fully saturated rings. The van der Waals surface area contributed by atoms with E-state index in [1.807, 2.05) is 30.3 Å².